The van der Waals surface area contributed by atoms with E-state index in [-0.39, 0.29) is 47.1 Å². The van der Waals surface area contributed by atoms with Crippen LogP contribution in [0, 0.1) is 0 Å². The Hall–Kier alpha value is -4.49. The van der Waals surface area contributed by atoms with Gasteiger partial charge < -0.3 is 40.7 Å². The summed E-state index contributed by atoms with van der Waals surface area (Å²) in [5, 5.41) is 5.61. The predicted octanol–water partition coefficient (Wildman–Crippen LogP) is 1.38. The lowest BCUT2D eigenvalue weighted by molar-refractivity contribution is -0.142. The predicted molar refractivity (Wildman–Crippen MR) is 130 cm³/mol. The van der Waals surface area contributed by atoms with Crippen molar-refractivity contribution in [3.8, 4) is 11.5 Å². The monoisotopic (exact) mass is 514 g/mol. The van der Waals surface area contributed by atoms with Gasteiger partial charge in [0.1, 0.15) is 11.8 Å². The molecule has 0 radical (unpaired) electrons. The molecule has 6 N–H and O–H groups in total. The van der Waals surface area contributed by atoms with Crippen molar-refractivity contribution in [1.82, 2.24) is 10.6 Å². The highest BCUT2D eigenvalue weighted by Crippen LogP contribution is 2.44. The van der Waals surface area contributed by atoms with Crippen LogP contribution >= 0.6 is 0 Å². The Morgan fingerprint density at radius 2 is 1.41 bits per heavy atom. The van der Waals surface area contributed by atoms with Crippen molar-refractivity contribution in [2.45, 2.75) is 25.9 Å². The van der Waals surface area contributed by atoms with Gasteiger partial charge >= 0.3 is 18.2 Å². The number of ether oxygens (including phenoxy) is 3. The summed E-state index contributed by atoms with van der Waals surface area (Å²) >= 11 is 0. The average Bonchev–Trinajstić information content (AvgIpc) is 3.33. The van der Waals surface area contributed by atoms with Crippen LogP contribution in [0.5, 0.6) is 11.5 Å². The van der Waals surface area contributed by atoms with Gasteiger partial charge in [0.15, 0.2) is 28.6 Å². The molecule has 196 valence electrons. The molecular formula is C24H26N4O9. The summed E-state index contributed by atoms with van der Waals surface area (Å²) in [6.07, 6.45) is -1.87. The number of hydrogen-bond acceptors (Lipinski definition) is 11. The second-order valence-electron chi connectivity index (χ2n) is 8.00. The molecular weight excluding hydrogens is 488 g/mol. The molecule has 2 amide bonds. The molecule has 0 saturated carbocycles. The van der Waals surface area contributed by atoms with Crippen LogP contribution in [0.25, 0.3) is 21.7 Å². The number of amides is 2. The average molecular weight is 514 g/mol. The number of nitrogens with two attached hydrogens (primary N) is 2. The minimum atomic E-state index is -1.12. The van der Waals surface area contributed by atoms with E-state index in [1.54, 1.807) is 24.3 Å². The maximum Gasteiger partial charge on any atom is 0.412 e. The number of rotatable bonds is 9. The lowest BCUT2D eigenvalue weighted by Crippen LogP contribution is -2.43. The number of Topliss-reactive ketones (excluding diaryl/α,β-unsaturated/α-hetero) is 2. The first-order valence-electron chi connectivity index (χ1n) is 11.0. The maximum absolute atomic E-state index is 12.5. The molecule has 0 aliphatic rings. The molecule has 0 spiro atoms. The number of furan rings is 1. The van der Waals surface area contributed by atoms with Crippen molar-refractivity contribution in [3.63, 3.8) is 0 Å². The second-order valence-corrected chi connectivity index (χ2v) is 8.00. The Morgan fingerprint density at radius 3 is 1.95 bits per heavy atom. The van der Waals surface area contributed by atoms with E-state index in [0.29, 0.717) is 10.8 Å². The van der Waals surface area contributed by atoms with Crippen molar-refractivity contribution in [2.75, 3.05) is 20.2 Å². The number of carbonyl (C=O) groups is 5. The molecule has 0 fully saturated rings. The van der Waals surface area contributed by atoms with E-state index in [9.17, 15) is 24.0 Å². The van der Waals surface area contributed by atoms with Crippen LogP contribution in [-0.4, -0.2) is 62.0 Å². The first-order valence-corrected chi connectivity index (χ1v) is 11.0. The Kier molecular flexibility index (Phi) is 8.42. The van der Waals surface area contributed by atoms with Gasteiger partial charge in [0.25, 0.3) is 0 Å². The normalized spacial score (nSPS) is 12.5. The quantitative estimate of drug-likeness (QED) is 0.237. The lowest BCUT2D eigenvalue weighted by atomic mass is 10.1. The van der Waals surface area contributed by atoms with Crippen LogP contribution in [-0.2, 0) is 14.3 Å². The van der Waals surface area contributed by atoms with Gasteiger partial charge in [-0.2, -0.15) is 0 Å². The van der Waals surface area contributed by atoms with Crippen LogP contribution in [0.4, 0.5) is 9.59 Å². The number of fused-ring (bicyclic) bond motifs is 2. The molecule has 0 aliphatic heterocycles. The molecule has 2 aromatic carbocycles. The summed E-state index contributed by atoms with van der Waals surface area (Å²) < 4.78 is 21.2. The van der Waals surface area contributed by atoms with E-state index in [4.69, 9.17) is 25.4 Å². The molecule has 0 saturated heterocycles. The fourth-order valence-corrected chi connectivity index (χ4v) is 3.28. The van der Waals surface area contributed by atoms with Crippen LogP contribution in [0.3, 0.4) is 0 Å². The Balaban J connectivity index is 2.02. The van der Waals surface area contributed by atoms with E-state index in [0.717, 1.165) is 7.11 Å². The maximum atomic E-state index is 12.5. The molecule has 3 aromatic rings. The summed E-state index contributed by atoms with van der Waals surface area (Å²) in [6.45, 7) is 2.14. The molecule has 1 heterocycles. The highest BCUT2D eigenvalue weighted by molar-refractivity contribution is 6.12. The molecule has 0 unspecified atom stereocenters. The molecule has 13 nitrogen and oxygen atoms in total. The largest absolute Gasteiger partial charge is 0.468 e. The summed E-state index contributed by atoms with van der Waals surface area (Å²) in [7, 11) is 1.16. The van der Waals surface area contributed by atoms with Gasteiger partial charge in [-0.25, -0.2) is 9.59 Å². The number of nitrogens with one attached hydrogen (secondary N) is 2. The molecule has 13 heteroatoms. The topological polar surface area (TPSA) is 202 Å². The Labute approximate surface area is 210 Å². The number of benzene rings is 2. The van der Waals surface area contributed by atoms with Crippen molar-refractivity contribution < 1.29 is 42.6 Å². The van der Waals surface area contributed by atoms with Crippen molar-refractivity contribution in [3.05, 3.63) is 36.1 Å². The van der Waals surface area contributed by atoms with Gasteiger partial charge in [0.2, 0.25) is 0 Å². The summed E-state index contributed by atoms with van der Waals surface area (Å²) in [5.41, 5.74) is 11.2. The Morgan fingerprint density at radius 1 is 0.865 bits per heavy atom. The number of ketones is 2. The van der Waals surface area contributed by atoms with Gasteiger partial charge in [0.05, 0.1) is 18.5 Å². The van der Waals surface area contributed by atoms with E-state index in [1.165, 1.54) is 19.9 Å². The highest BCUT2D eigenvalue weighted by Gasteiger charge is 2.25. The SMILES string of the molecule is COC(=O)[C@@H](N)CNC(=O)Oc1c2ccccc2c(OC(=O)NC[C@H](N)C(C)=O)c2cc(C(C)=O)oc12. The zero-order chi connectivity index (χ0) is 27.3. The molecule has 0 bridgehead atoms. The van der Waals surface area contributed by atoms with Crippen molar-refractivity contribution >= 4 is 51.5 Å². The smallest absolute Gasteiger partial charge is 0.412 e. The number of methoxy groups -OCH3 is 1. The molecule has 0 aliphatic carbocycles. The lowest BCUT2D eigenvalue weighted by Gasteiger charge is -2.15. The standard InChI is InChI=1S/C24H26N4O9/c1-11(29)16(25)9-27-23(32)36-19-13-6-4-5-7-14(13)20(21-15(19)8-18(35-21)12(2)30)37-24(33)28-10-17(26)22(31)34-3/h4-8,16-17H,9-10,25-26H2,1-3H3,(H,27,32)(H,28,33)/t16-,17-/m0/s1. The van der Waals surface area contributed by atoms with E-state index >= 15 is 0 Å². The summed E-state index contributed by atoms with van der Waals surface area (Å²) in [4.78, 5) is 59.9. The van der Waals surface area contributed by atoms with Crippen LogP contribution in [0.2, 0.25) is 0 Å². The summed E-state index contributed by atoms with van der Waals surface area (Å²) in [6, 6.07) is 5.83. The third kappa shape index (κ3) is 6.20. The molecule has 2 atom stereocenters. The molecule has 37 heavy (non-hydrogen) atoms. The number of carbonyl (C=O) groups excluding carboxylic acids is 5. The molecule has 3 rings (SSSR count). The minimum absolute atomic E-state index is 0.0243. The fraction of sp³-hybridized carbons (Fsp3) is 0.292. The first kappa shape index (κ1) is 27.1. The van der Waals surface area contributed by atoms with Gasteiger partial charge in [-0.15, -0.1) is 0 Å². The fourth-order valence-electron chi connectivity index (χ4n) is 3.28. The highest BCUT2D eigenvalue weighted by atomic mass is 16.6. The van der Waals surface area contributed by atoms with Gasteiger partial charge in [0, 0.05) is 30.8 Å². The van der Waals surface area contributed by atoms with Crippen LogP contribution in [0.1, 0.15) is 24.4 Å². The summed E-state index contributed by atoms with van der Waals surface area (Å²) in [5.74, 6) is -1.59. The van der Waals surface area contributed by atoms with E-state index in [1.807, 2.05) is 0 Å². The zero-order valence-electron chi connectivity index (χ0n) is 20.3. The third-order valence-corrected chi connectivity index (χ3v) is 5.29. The third-order valence-electron chi connectivity index (χ3n) is 5.29. The van der Waals surface area contributed by atoms with Crippen molar-refractivity contribution in [1.29, 1.82) is 0 Å². The number of esters is 1. The van der Waals surface area contributed by atoms with Crippen LogP contribution in [0.15, 0.2) is 34.7 Å². The van der Waals surface area contributed by atoms with E-state index in [2.05, 4.69) is 15.4 Å². The van der Waals surface area contributed by atoms with Crippen molar-refractivity contribution in [2.24, 2.45) is 11.5 Å². The van der Waals surface area contributed by atoms with Crippen LogP contribution < -0.4 is 31.6 Å². The van der Waals surface area contributed by atoms with Gasteiger partial charge in [-0.1, -0.05) is 24.3 Å². The molecule has 1 aromatic heterocycles. The minimum Gasteiger partial charge on any atom is -0.468 e. The number of hydrogen-bond donors (Lipinski definition) is 4. The van der Waals surface area contributed by atoms with E-state index < -0.39 is 36.0 Å². The van der Waals surface area contributed by atoms with Gasteiger partial charge in [-0.05, 0) is 13.0 Å². The second kappa shape index (κ2) is 11.5. The first-order chi connectivity index (χ1) is 17.5. The Bertz CT molecular complexity index is 1380. The van der Waals surface area contributed by atoms with Gasteiger partial charge in [-0.3, -0.25) is 14.4 Å². The zero-order valence-corrected chi connectivity index (χ0v) is 20.3.